The summed E-state index contributed by atoms with van der Waals surface area (Å²) in [5, 5.41) is 0. The van der Waals surface area contributed by atoms with Crippen molar-refractivity contribution in [1.82, 2.24) is 5.48 Å². The fraction of sp³-hybridized carbons (Fsp3) is 0.300. The average Bonchev–Trinajstić information content (AvgIpc) is 2.20. The van der Waals surface area contributed by atoms with E-state index in [2.05, 4.69) is 10.2 Å². The molecule has 1 aromatic rings. The number of hydrogen-bond donors (Lipinski definition) is 1. The van der Waals surface area contributed by atoms with Gasteiger partial charge in [-0.05, 0) is 12.5 Å². The van der Waals surface area contributed by atoms with Crippen LogP contribution in [0.1, 0.15) is 12.5 Å². The van der Waals surface area contributed by atoms with E-state index in [0.717, 1.165) is 5.56 Å². The summed E-state index contributed by atoms with van der Waals surface area (Å²) in [6.45, 7) is 2.40. The molecule has 0 atom stereocenters. The molecule has 1 N–H and O–H groups in total. The van der Waals surface area contributed by atoms with E-state index in [-0.39, 0.29) is 0 Å². The predicted octanol–water partition coefficient (Wildman–Crippen LogP) is 1.86. The van der Waals surface area contributed by atoms with Gasteiger partial charge in [0.1, 0.15) is 0 Å². The van der Waals surface area contributed by atoms with E-state index >= 15 is 0 Å². The lowest BCUT2D eigenvalue weighted by Gasteiger charge is -2.05. The monoisotopic (exact) mass is 195 g/mol. The quantitative estimate of drug-likeness (QED) is 0.746. The Hall–Kier alpha value is -1.55. The zero-order valence-electron chi connectivity index (χ0n) is 8.03. The Morgan fingerprint density at radius 2 is 2.07 bits per heavy atom. The van der Waals surface area contributed by atoms with Gasteiger partial charge in [0.05, 0.1) is 13.2 Å². The van der Waals surface area contributed by atoms with E-state index in [4.69, 9.17) is 4.84 Å². The predicted molar refractivity (Wildman–Crippen MR) is 51.4 cm³/mol. The van der Waals surface area contributed by atoms with Gasteiger partial charge in [-0.2, -0.15) is 5.48 Å². The topological polar surface area (TPSA) is 47.6 Å². The number of hydroxylamine groups is 1. The molecule has 0 aliphatic heterocycles. The molecule has 1 aromatic carbocycles. The third-order valence-corrected chi connectivity index (χ3v) is 1.51. The summed E-state index contributed by atoms with van der Waals surface area (Å²) in [6.07, 6.45) is -0.566. The second kappa shape index (κ2) is 5.99. The number of hydrogen-bond acceptors (Lipinski definition) is 3. The number of ether oxygens (including phenoxy) is 1. The SMILES string of the molecule is CCOC(=O)NOCc1ccccc1. The Labute approximate surface area is 82.8 Å². The first-order chi connectivity index (χ1) is 6.83. The molecule has 4 heteroatoms. The van der Waals surface area contributed by atoms with Crippen molar-refractivity contribution in [3.8, 4) is 0 Å². The molecule has 0 fully saturated rings. The molecule has 0 heterocycles. The molecule has 0 bridgehead atoms. The van der Waals surface area contributed by atoms with Gasteiger partial charge in [-0.3, -0.25) is 4.84 Å². The molecule has 0 aliphatic carbocycles. The van der Waals surface area contributed by atoms with Crippen molar-refractivity contribution in [2.45, 2.75) is 13.5 Å². The third kappa shape index (κ3) is 3.91. The molecule has 0 aliphatic rings. The minimum Gasteiger partial charge on any atom is -0.448 e. The first kappa shape index (κ1) is 10.5. The highest BCUT2D eigenvalue weighted by molar-refractivity contribution is 5.65. The summed E-state index contributed by atoms with van der Waals surface area (Å²) in [5.74, 6) is 0. The Bertz CT molecular complexity index is 274. The first-order valence-electron chi connectivity index (χ1n) is 4.41. The molecule has 0 radical (unpaired) electrons. The van der Waals surface area contributed by atoms with E-state index in [9.17, 15) is 4.79 Å². The van der Waals surface area contributed by atoms with Crippen molar-refractivity contribution in [2.75, 3.05) is 6.61 Å². The van der Waals surface area contributed by atoms with Crippen LogP contribution in [0.15, 0.2) is 30.3 Å². The lowest BCUT2D eigenvalue weighted by molar-refractivity contribution is 0.0199. The molecule has 1 amide bonds. The lowest BCUT2D eigenvalue weighted by Crippen LogP contribution is -2.24. The number of carbonyl (C=O) groups is 1. The highest BCUT2D eigenvalue weighted by Gasteiger charge is 1.98. The maximum Gasteiger partial charge on any atom is 0.431 e. The van der Waals surface area contributed by atoms with Crippen molar-refractivity contribution in [2.24, 2.45) is 0 Å². The van der Waals surface area contributed by atoms with Crippen LogP contribution in [0.3, 0.4) is 0 Å². The summed E-state index contributed by atoms with van der Waals surface area (Å²) in [5.41, 5.74) is 3.16. The summed E-state index contributed by atoms with van der Waals surface area (Å²) in [4.78, 5) is 15.7. The van der Waals surface area contributed by atoms with E-state index in [1.54, 1.807) is 6.92 Å². The van der Waals surface area contributed by atoms with Gasteiger partial charge in [0, 0.05) is 0 Å². The van der Waals surface area contributed by atoms with Crippen LogP contribution < -0.4 is 5.48 Å². The number of benzene rings is 1. The molecule has 14 heavy (non-hydrogen) atoms. The van der Waals surface area contributed by atoms with Gasteiger partial charge in [-0.1, -0.05) is 30.3 Å². The highest BCUT2D eigenvalue weighted by atomic mass is 16.7. The number of nitrogens with one attached hydrogen (secondary N) is 1. The van der Waals surface area contributed by atoms with Gasteiger partial charge in [0.15, 0.2) is 0 Å². The molecule has 1 rings (SSSR count). The molecule has 0 saturated heterocycles. The van der Waals surface area contributed by atoms with Crippen LogP contribution in [-0.2, 0) is 16.2 Å². The molecule has 0 saturated carbocycles. The standard InChI is InChI=1S/C10H13NO3/c1-2-13-10(12)11-14-8-9-6-4-3-5-7-9/h3-7H,2,8H2,1H3,(H,11,12). The maximum absolute atomic E-state index is 10.8. The summed E-state index contributed by atoms with van der Waals surface area (Å²) in [7, 11) is 0. The Morgan fingerprint density at radius 3 is 2.71 bits per heavy atom. The smallest absolute Gasteiger partial charge is 0.431 e. The van der Waals surface area contributed by atoms with Crippen molar-refractivity contribution in [3.63, 3.8) is 0 Å². The fourth-order valence-corrected chi connectivity index (χ4v) is 0.913. The summed E-state index contributed by atoms with van der Waals surface area (Å²) >= 11 is 0. The van der Waals surface area contributed by atoms with Crippen molar-refractivity contribution >= 4 is 6.09 Å². The van der Waals surface area contributed by atoms with Crippen LogP contribution in [0.4, 0.5) is 4.79 Å². The Morgan fingerprint density at radius 1 is 1.36 bits per heavy atom. The van der Waals surface area contributed by atoms with E-state index < -0.39 is 6.09 Å². The number of rotatable bonds is 4. The van der Waals surface area contributed by atoms with Gasteiger partial charge >= 0.3 is 6.09 Å². The number of amides is 1. The van der Waals surface area contributed by atoms with E-state index in [0.29, 0.717) is 13.2 Å². The van der Waals surface area contributed by atoms with Gasteiger partial charge in [-0.25, -0.2) is 4.79 Å². The maximum atomic E-state index is 10.8. The Kier molecular flexibility index (Phi) is 4.50. The van der Waals surface area contributed by atoms with Gasteiger partial charge < -0.3 is 4.74 Å². The molecular weight excluding hydrogens is 182 g/mol. The minimum absolute atomic E-state index is 0.333. The van der Waals surface area contributed by atoms with Crippen molar-refractivity contribution in [3.05, 3.63) is 35.9 Å². The zero-order chi connectivity index (χ0) is 10.2. The largest absolute Gasteiger partial charge is 0.448 e. The van der Waals surface area contributed by atoms with Crippen LogP contribution in [-0.4, -0.2) is 12.7 Å². The second-order valence-electron chi connectivity index (χ2n) is 2.60. The van der Waals surface area contributed by atoms with Crippen molar-refractivity contribution < 1.29 is 14.4 Å². The molecule has 4 nitrogen and oxygen atoms in total. The third-order valence-electron chi connectivity index (χ3n) is 1.51. The van der Waals surface area contributed by atoms with Crippen molar-refractivity contribution in [1.29, 1.82) is 0 Å². The van der Waals surface area contributed by atoms with Crippen LogP contribution in [0, 0.1) is 0 Å². The minimum atomic E-state index is -0.566. The molecule has 0 spiro atoms. The summed E-state index contributed by atoms with van der Waals surface area (Å²) in [6, 6.07) is 9.55. The van der Waals surface area contributed by atoms with Crippen LogP contribution in [0.2, 0.25) is 0 Å². The molecule has 0 unspecified atom stereocenters. The average molecular weight is 195 g/mol. The van der Waals surface area contributed by atoms with E-state index in [1.165, 1.54) is 0 Å². The van der Waals surface area contributed by atoms with Crippen LogP contribution in [0.5, 0.6) is 0 Å². The second-order valence-corrected chi connectivity index (χ2v) is 2.60. The number of carbonyl (C=O) groups excluding carboxylic acids is 1. The fourth-order valence-electron chi connectivity index (χ4n) is 0.913. The first-order valence-corrected chi connectivity index (χ1v) is 4.41. The van der Waals surface area contributed by atoms with Gasteiger partial charge in [0.25, 0.3) is 0 Å². The molecule has 0 aromatic heterocycles. The molecular formula is C10H13NO3. The zero-order valence-corrected chi connectivity index (χ0v) is 8.03. The summed E-state index contributed by atoms with van der Waals surface area (Å²) < 4.78 is 4.60. The van der Waals surface area contributed by atoms with Crippen LogP contribution >= 0.6 is 0 Å². The van der Waals surface area contributed by atoms with Gasteiger partial charge in [-0.15, -0.1) is 0 Å². The lowest BCUT2D eigenvalue weighted by atomic mass is 10.2. The highest BCUT2D eigenvalue weighted by Crippen LogP contribution is 1.98. The van der Waals surface area contributed by atoms with E-state index in [1.807, 2.05) is 30.3 Å². The normalized spacial score (nSPS) is 9.50. The Balaban J connectivity index is 2.19. The molecule has 76 valence electrons. The van der Waals surface area contributed by atoms with Crippen LogP contribution in [0.25, 0.3) is 0 Å². The van der Waals surface area contributed by atoms with Gasteiger partial charge in [0.2, 0.25) is 0 Å².